The van der Waals surface area contributed by atoms with E-state index in [4.69, 9.17) is 17.4 Å². The van der Waals surface area contributed by atoms with Crippen LogP contribution in [0, 0.1) is 0 Å². The molecule has 1 aromatic rings. The molecule has 16 heavy (non-hydrogen) atoms. The Morgan fingerprint density at radius 3 is 2.56 bits per heavy atom. The maximum absolute atomic E-state index is 12.0. The van der Waals surface area contributed by atoms with Gasteiger partial charge in [0.1, 0.15) is 5.75 Å². The van der Waals surface area contributed by atoms with Gasteiger partial charge >= 0.3 is 6.36 Å². The van der Waals surface area contributed by atoms with E-state index in [1.54, 1.807) is 5.43 Å². The first kappa shape index (κ1) is 12.6. The number of benzene rings is 1. The van der Waals surface area contributed by atoms with Crippen molar-refractivity contribution in [3.8, 4) is 5.75 Å². The molecule has 0 saturated carbocycles. The summed E-state index contributed by atoms with van der Waals surface area (Å²) in [5, 5.41) is 0.00724. The number of nitrogen functional groups attached to an aromatic ring is 1. The van der Waals surface area contributed by atoms with E-state index in [1.165, 1.54) is 6.07 Å². The van der Waals surface area contributed by atoms with E-state index in [0.717, 1.165) is 12.1 Å². The third-order valence-corrected chi connectivity index (χ3v) is 1.78. The zero-order valence-electron chi connectivity index (χ0n) is 7.64. The van der Waals surface area contributed by atoms with Gasteiger partial charge in [0.2, 0.25) is 0 Å². The van der Waals surface area contributed by atoms with Gasteiger partial charge < -0.3 is 4.74 Å². The molecule has 0 saturated heterocycles. The topological polar surface area (TPSA) is 64.3 Å². The molecule has 0 bridgehead atoms. The summed E-state index contributed by atoms with van der Waals surface area (Å²) in [6.07, 6.45) is -4.91. The first-order valence-corrected chi connectivity index (χ1v) is 4.27. The molecule has 0 fully saturated rings. The summed E-state index contributed by atoms with van der Waals surface area (Å²) >= 11 is 5.48. The molecular formula is C8H6ClF3N2O2. The molecule has 0 aromatic heterocycles. The van der Waals surface area contributed by atoms with Crippen LogP contribution in [-0.2, 0) is 0 Å². The molecule has 88 valence electrons. The molecule has 8 heteroatoms. The van der Waals surface area contributed by atoms with Gasteiger partial charge in [0.15, 0.2) is 0 Å². The number of hydrogen-bond donors (Lipinski definition) is 2. The van der Waals surface area contributed by atoms with E-state index in [1.807, 2.05) is 0 Å². The van der Waals surface area contributed by atoms with E-state index in [-0.39, 0.29) is 10.6 Å². The molecule has 3 N–H and O–H groups in total. The van der Waals surface area contributed by atoms with Crippen molar-refractivity contribution >= 4 is 17.5 Å². The van der Waals surface area contributed by atoms with Crippen LogP contribution in [0.1, 0.15) is 10.4 Å². The van der Waals surface area contributed by atoms with Crippen molar-refractivity contribution in [3.63, 3.8) is 0 Å². The second kappa shape index (κ2) is 4.58. The molecule has 0 radical (unpaired) electrons. The number of nitrogens with two attached hydrogens (primary N) is 1. The van der Waals surface area contributed by atoms with Crippen LogP contribution in [0.15, 0.2) is 18.2 Å². The fourth-order valence-electron chi connectivity index (χ4n) is 0.971. The highest BCUT2D eigenvalue weighted by Crippen LogP contribution is 2.29. The van der Waals surface area contributed by atoms with Gasteiger partial charge in [-0.3, -0.25) is 10.2 Å². The number of carbonyl (C=O) groups is 1. The summed E-state index contributed by atoms with van der Waals surface area (Å²) in [5.74, 6) is 3.19. The first-order valence-electron chi connectivity index (χ1n) is 3.90. The third-order valence-electron chi connectivity index (χ3n) is 1.55. The zero-order chi connectivity index (χ0) is 12.3. The monoisotopic (exact) mass is 254 g/mol. The summed E-state index contributed by atoms with van der Waals surface area (Å²) in [6.45, 7) is 0. The molecule has 0 aliphatic carbocycles. The molecule has 0 aliphatic heterocycles. The molecular weight excluding hydrogens is 249 g/mol. The number of nitrogens with one attached hydrogen (secondary N) is 1. The van der Waals surface area contributed by atoms with Crippen LogP contribution in [0.2, 0.25) is 5.02 Å². The minimum atomic E-state index is -4.91. The number of alkyl halides is 3. The van der Waals surface area contributed by atoms with Crippen molar-refractivity contribution in [3.05, 3.63) is 28.8 Å². The molecule has 0 aliphatic rings. The fourth-order valence-corrected chi connectivity index (χ4v) is 1.13. The normalized spacial score (nSPS) is 11.1. The Labute approximate surface area is 93.1 Å². The summed E-state index contributed by atoms with van der Waals surface area (Å²) in [4.78, 5) is 11.1. The maximum Gasteiger partial charge on any atom is 0.573 e. The van der Waals surface area contributed by atoms with Crippen LogP contribution in [0.5, 0.6) is 5.75 Å². The Balaban J connectivity index is 3.13. The molecule has 1 amide bonds. The van der Waals surface area contributed by atoms with Gasteiger partial charge in [-0.1, -0.05) is 11.6 Å². The largest absolute Gasteiger partial charge is 0.573 e. The Bertz CT molecular complexity index is 409. The average molecular weight is 255 g/mol. The van der Waals surface area contributed by atoms with E-state index >= 15 is 0 Å². The number of carbonyl (C=O) groups excluding carboxylic acids is 1. The maximum atomic E-state index is 12.0. The number of hydrogen-bond acceptors (Lipinski definition) is 3. The second-order valence-corrected chi connectivity index (χ2v) is 3.10. The van der Waals surface area contributed by atoms with E-state index < -0.39 is 18.0 Å². The number of ether oxygens (including phenoxy) is 1. The highest BCUT2D eigenvalue weighted by molar-refractivity contribution is 6.30. The second-order valence-electron chi connectivity index (χ2n) is 2.66. The van der Waals surface area contributed by atoms with Crippen molar-refractivity contribution in [1.29, 1.82) is 0 Å². The van der Waals surface area contributed by atoms with Gasteiger partial charge in [-0.15, -0.1) is 13.2 Å². The first-order chi connectivity index (χ1) is 7.33. The van der Waals surface area contributed by atoms with Gasteiger partial charge in [0.05, 0.1) is 5.56 Å². The SMILES string of the molecule is NNC(=O)c1ccc(Cl)cc1OC(F)(F)F. The van der Waals surface area contributed by atoms with Crippen molar-refractivity contribution < 1.29 is 22.7 Å². The lowest BCUT2D eigenvalue weighted by Crippen LogP contribution is -2.31. The lowest BCUT2D eigenvalue weighted by molar-refractivity contribution is -0.274. The lowest BCUT2D eigenvalue weighted by atomic mass is 10.2. The number of halogens is 4. The van der Waals surface area contributed by atoms with Crippen molar-refractivity contribution in [2.24, 2.45) is 5.84 Å². The van der Waals surface area contributed by atoms with Gasteiger partial charge in [-0.2, -0.15) is 0 Å². The summed E-state index contributed by atoms with van der Waals surface area (Å²) in [7, 11) is 0. The summed E-state index contributed by atoms with van der Waals surface area (Å²) in [5.41, 5.74) is 1.34. The predicted molar refractivity (Wildman–Crippen MR) is 49.8 cm³/mol. The Hall–Kier alpha value is -1.47. The standard InChI is InChI=1S/C8H6ClF3N2O2/c9-4-1-2-5(7(15)14-13)6(3-4)16-8(10,11)12/h1-3H,13H2,(H,14,15). The molecule has 1 aromatic carbocycles. The van der Waals surface area contributed by atoms with Gasteiger partial charge in [-0.25, -0.2) is 5.84 Å². The molecule has 0 atom stereocenters. The minimum absolute atomic E-state index is 0.00724. The molecule has 1 rings (SSSR count). The number of rotatable bonds is 2. The molecule has 0 unspecified atom stereocenters. The van der Waals surface area contributed by atoms with Crippen LogP contribution in [-0.4, -0.2) is 12.3 Å². The predicted octanol–water partition coefficient (Wildman–Crippen LogP) is 1.84. The minimum Gasteiger partial charge on any atom is -0.405 e. The lowest BCUT2D eigenvalue weighted by Gasteiger charge is -2.12. The number of hydrazine groups is 1. The van der Waals surface area contributed by atoms with Gasteiger partial charge in [0, 0.05) is 5.02 Å². The van der Waals surface area contributed by atoms with E-state index in [9.17, 15) is 18.0 Å². The van der Waals surface area contributed by atoms with Gasteiger partial charge in [0.25, 0.3) is 5.91 Å². The van der Waals surface area contributed by atoms with Crippen LogP contribution in [0.4, 0.5) is 13.2 Å². The average Bonchev–Trinajstić information content (AvgIpc) is 2.14. The van der Waals surface area contributed by atoms with Crippen LogP contribution >= 0.6 is 11.6 Å². The van der Waals surface area contributed by atoms with E-state index in [2.05, 4.69) is 4.74 Å². The van der Waals surface area contributed by atoms with Crippen molar-refractivity contribution in [2.75, 3.05) is 0 Å². The number of amides is 1. The quantitative estimate of drug-likeness (QED) is 0.481. The van der Waals surface area contributed by atoms with Crippen LogP contribution in [0.3, 0.4) is 0 Å². The Morgan fingerprint density at radius 1 is 1.44 bits per heavy atom. The molecule has 4 nitrogen and oxygen atoms in total. The zero-order valence-corrected chi connectivity index (χ0v) is 8.39. The highest BCUT2D eigenvalue weighted by atomic mass is 35.5. The van der Waals surface area contributed by atoms with Crippen molar-refractivity contribution in [2.45, 2.75) is 6.36 Å². The van der Waals surface area contributed by atoms with Gasteiger partial charge in [-0.05, 0) is 18.2 Å². The molecule has 0 spiro atoms. The van der Waals surface area contributed by atoms with E-state index in [0.29, 0.717) is 0 Å². The van der Waals surface area contributed by atoms with Crippen LogP contribution < -0.4 is 16.0 Å². The molecule has 0 heterocycles. The third kappa shape index (κ3) is 3.28. The fraction of sp³-hybridized carbons (Fsp3) is 0.125. The smallest absolute Gasteiger partial charge is 0.405 e. The Kier molecular flexibility index (Phi) is 3.61. The summed E-state index contributed by atoms with van der Waals surface area (Å²) < 4.78 is 39.6. The summed E-state index contributed by atoms with van der Waals surface area (Å²) in [6, 6.07) is 3.20. The Morgan fingerprint density at radius 2 is 2.06 bits per heavy atom. The van der Waals surface area contributed by atoms with Crippen LogP contribution in [0.25, 0.3) is 0 Å². The van der Waals surface area contributed by atoms with Crippen molar-refractivity contribution in [1.82, 2.24) is 5.43 Å². The highest BCUT2D eigenvalue weighted by Gasteiger charge is 2.33.